The molecule has 0 aliphatic heterocycles. The lowest BCUT2D eigenvalue weighted by Crippen LogP contribution is -2.78. The van der Waals surface area contributed by atoms with Crippen LogP contribution in [-0.2, 0) is 4.74 Å². The van der Waals surface area contributed by atoms with Gasteiger partial charge in [-0.1, -0.05) is 6.42 Å². The van der Waals surface area contributed by atoms with Gasteiger partial charge in [0.05, 0.1) is 6.54 Å². The Labute approximate surface area is 111 Å². The van der Waals surface area contributed by atoms with E-state index in [1.807, 2.05) is 26.1 Å². The number of carbonyl (C=O) groups is 1. The third-order valence-electron chi connectivity index (χ3n) is 3.33. The van der Waals surface area contributed by atoms with E-state index in [-0.39, 0.29) is 6.09 Å². The van der Waals surface area contributed by atoms with Gasteiger partial charge in [-0.25, -0.2) is 4.79 Å². The molecule has 1 aliphatic rings. The maximum Gasteiger partial charge on any atom is 0.407 e. The van der Waals surface area contributed by atoms with Gasteiger partial charge in [-0.2, -0.15) is 7.05 Å². The standard InChI is InChI=1S/C14H28N2O2/c1-14(2,3)18-13(17)16-10-12-7-5-6-11(8-12)9-15-4/h11-12H,4-10,15H2,1-3H3,(H,16,17)/t11-,12+/m1/s1. The van der Waals surface area contributed by atoms with Gasteiger partial charge in [-0.15, -0.1) is 0 Å². The van der Waals surface area contributed by atoms with Crippen molar-refractivity contribution in [2.24, 2.45) is 11.8 Å². The van der Waals surface area contributed by atoms with Crippen LogP contribution in [0.1, 0.15) is 46.5 Å². The van der Waals surface area contributed by atoms with Gasteiger partial charge < -0.3 is 15.4 Å². The average Bonchev–Trinajstić information content (AvgIpc) is 2.25. The van der Waals surface area contributed by atoms with Crippen LogP contribution in [0.2, 0.25) is 0 Å². The van der Waals surface area contributed by atoms with Crippen LogP contribution in [0.15, 0.2) is 0 Å². The normalized spacial score (nSPS) is 24.7. The number of hydrogen-bond acceptors (Lipinski definition) is 2. The molecule has 0 heterocycles. The summed E-state index contributed by atoms with van der Waals surface area (Å²) in [6.45, 7) is 7.49. The molecule has 0 saturated heterocycles. The number of ether oxygens (including phenoxy) is 1. The van der Waals surface area contributed by atoms with E-state index in [4.69, 9.17) is 4.74 Å². The van der Waals surface area contributed by atoms with Crippen molar-refractivity contribution in [1.82, 2.24) is 5.32 Å². The number of quaternary nitrogens is 1. The maximum atomic E-state index is 11.6. The molecule has 0 radical (unpaired) electrons. The van der Waals surface area contributed by atoms with E-state index in [1.54, 1.807) is 0 Å². The average molecular weight is 256 g/mol. The molecule has 1 saturated carbocycles. The molecule has 4 nitrogen and oxygen atoms in total. The van der Waals surface area contributed by atoms with E-state index >= 15 is 0 Å². The van der Waals surface area contributed by atoms with Crippen molar-refractivity contribution in [3.8, 4) is 0 Å². The first-order chi connectivity index (χ1) is 8.40. The van der Waals surface area contributed by atoms with E-state index in [0.717, 1.165) is 19.0 Å². The van der Waals surface area contributed by atoms with Crippen molar-refractivity contribution in [2.45, 2.75) is 52.1 Å². The highest BCUT2D eigenvalue weighted by Crippen LogP contribution is 2.27. The van der Waals surface area contributed by atoms with Crippen LogP contribution in [-0.4, -0.2) is 24.8 Å². The topological polar surface area (TPSA) is 54.9 Å². The van der Waals surface area contributed by atoms with E-state index in [9.17, 15) is 4.79 Å². The Hall–Kier alpha value is -0.770. The third-order valence-corrected chi connectivity index (χ3v) is 3.33. The number of nitrogens with one attached hydrogen (secondary N) is 1. The second-order valence-corrected chi connectivity index (χ2v) is 6.31. The molecule has 3 N–H and O–H groups in total. The summed E-state index contributed by atoms with van der Waals surface area (Å²) in [5.74, 6) is 1.35. The van der Waals surface area contributed by atoms with Crippen molar-refractivity contribution in [1.29, 1.82) is 0 Å². The van der Waals surface area contributed by atoms with Gasteiger partial charge in [-0.05, 0) is 46.0 Å². The van der Waals surface area contributed by atoms with Gasteiger partial charge in [-0.3, -0.25) is 0 Å². The molecule has 0 aromatic heterocycles. The van der Waals surface area contributed by atoms with Crippen LogP contribution in [0.5, 0.6) is 0 Å². The number of rotatable bonds is 4. The number of nitrogens with two attached hydrogens (primary N) is 1. The van der Waals surface area contributed by atoms with Crippen molar-refractivity contribution >= 4 is 6.09 Å². The minimum atomic E-state index is -0.415. The fourth-order valence-electron chi connectivity index (χ4n) is 2.58. The molecule has 18 heavy (non-hydrogen) atoms. The summed E-state index contributed by atoms with van der Waals surface area (Å²) in [7, 11) is 3.80. The Morgan fingerprint density at radius 2 is 2.06 bits per heavy atom. The van der Waals surface area contributed by atoms with Crippen LogP contribution in [0, 0.1) is 18.9 Å². The van der Waals surface area contributed by atoms with Crippen molar-refractivity contribution < 1.29 is 14.8 Å². The Morgan fingerprint density at radius 1 is 1.39 bits per heavy atom. The molecule has 0 bridgehead atoms. The summed E-state index contributed by atoms with van der Waals surface area (Å²) in [4.78, 5) is 11.6. The molecule has 2 atom stereocenters. The Bertz CT molecular complexity index is 259. The summed E-state index contributed by atoms with van der Waals surface area (Å²) in [6, 6.07) is 0. The molecule has 0 aromatic rings. The van der Waals surface area contributed by atoms with Gasteiger partial charge in [0, 0.05) is 12.5 Å². The molecule has 1 amide bonds. The fraction of sp³-hybridized carbons (Fsp3) is 0.857. The number of amides is 1. The van der Waals surface area contributed by atoms with Gasteiger partial charge in [0.25, 0.3) is 0 Å². The summed E-state index contributed by atoms with van der Waals surface area (Å²) < 4.78 is 5.24. The molecule has 4 heteroatoms. The lowest BCUT2D eigenvalue weighted by atomic mass is 9.81. The van der Waals surface area contributed by atoms with E-state index < -0.39 is 5.60 Å². The van der Waals surface area contributed by atoms with E-state index in [2.05, 4.69) is 12.4 Å². The molecule has 106 valence electrons. The predicted octanol–water partition coefficient (Wildman–Crippen LogP) is 1.67. The highest BCUT2D eigenvalue weighted by Gasteiger charge is 2.23. The molecule has 1 aliphatic carbocycles. The first-order valence-corrected chi connectivity index (χ1v) is 6.98. The van der Waals surface area contributed by atoms with E-state index in [0.29, 0.717) is 5.92 Å². The first kappa shape index (κ1) is 15.3. The Morgan fingerprint density at radius 3 is 2.67 bits per heavy atom. The van der Waals surface area contributed by atoms with Crippen LogP contribution < -0.4 is 10.6 Å². The van der Waals surface area contributed by atoms with Gasteiger partial charge in [0.15, 0.2) is 0 Å². The SMILES string of the molecule is [CH2-][NH2+]C[C@@H]1CCC[C@H](CNC(=O)OC(C)(C)C)C1. The molecular weight excluding hydrogens is 228 g/mol. The monoisotopic (exact) mass is 256 g/mol. The van der Waals surface area contributed by atoms with Gasteiger partial charge in [0.2, 0.25) is 0 Å². The molecule has 0 aromatic carbocycles. The number of hydrogen-bond donors (Lipinski definition) is 2. The maximum absolute atomic E-state index is 11.6. The minimum absolute atomic E-state index is 0.298. The van der Waals surface area contributed by atoms with Crippen LogP contribution in [0.4, 0.5) is 4.79 Å². The summed E-state index contributed by atoms with van der Waals surface area (Å²) >= 11 is 0. The fourth-order valence-corrected chi connectivity index (χ4v) is 2.58. The summed E-state index contributed by atoms with van der Waals surface area (Å²) in [6.07, 6.45) is 4.67. The zero-order valence-corrected chi connectivity index (χ0v) is 12.0. The molecule has 0 spiro atoms. The van der Waals surface area contributed by atoms with Crippen LogP contribution in [0.25, 0.3) is 0 Å². The predicted molar refractivity (Wildman–Crippen MR) is 71.8 cm³/mol. The summed E-state index contributed by atoms with van der Waals surface area (Å²) in [5, 5.41) is 4.89. The van der Waals surface area contributed by atoms with Crippen molar-refractivity contribution in [3.05, 3.63) is 7.05 Å². The second-order valence-electron chi connectivity index (χ2n) is 6.31. The highest BCUT2D eigenvalue weighted by molar-refractivity contribution is 5.67. The smallest absolute Gasteiger partial charge is 0.407 e. The summed E-state index contributed by atoms with van der Waals surface area (Å²) in [5.41, 5.74) is -0.415. The molecule has 0 unspecified atom stereocenters. The van der Waals surface area contributed by atoms with Crippen LogP contribution >= 0.6 is 0 Å². The first-order valence-electron chi connectivity index (χ1n) is 6.98. The second kappa shape index (κ2) is 6.98. The van der Waals surface area contributed by atoms with Gasteiger partial charge >= 0.3 is 6.09 Å². The molecule has 1 fully saturated rings. The number of carbonyl (C=O) groups excluding carboxylic acids is 1. The highest BCUT2D eigenvalue weighted by atomic mass is 16.6. The van der Waals surface area contributed by atoms with Crippen molar-refractivity contribution in [3.63, 3.8) is 0 Å². The van der Waals surface area contributed by atoms with Crippen LogP contribution in [0.3, 0.4) is 0 Å². The Balaban J connectivity index is 2.24. The molecule has 1 rings (SSSR count). The largest absolute Gasteiger partial charge is 0.479 e. The van der Waals surface area contributed by atoms with Gasteiger partial charge in [0.1, 0.15) is 5.60 Å². The number of alkyl carbamates (subject to hydrolysis) is 1. The minimum Gasteiger partial charge on any atom is -0.479 e. The zero-order chi connectivity index (χ0) is 13.6. The lowest BCUT2D eigenvalue weighted by Gasteiger charge is -2.29. The molecular formula is C14H28N2O2. The van der Waals surface area contributed by atoms with Crippen molar-refractivity contribution in [2.75, 3.05) is 13.1 Å². The zero-order valence-electron chi connectivity index (χ0n) is 12.0. The Kier molecular flexibility index (Phi) is 5.93. The van der Waals surface area contributed by atoms with E-state index in [1.165, 1.54) is 25.7 Å². The quantitative estimate of drug-likeness (QED) is 0.752. The third kappa shape index (κ3) is 6.24. The lowest BCUT2D eigenvalue weighted by molar-refractivity contribution is -0.602.